The van der Waals surface area contributed by atoms with E-state index in [2.05, 4.69) is 6.92 Å². The van der Waals surface area contributed by atoms with Crippen LogP contribution in [0.4, 0.5) is 0 Å². The van der Waals surface area contributed by atoms with E-state index in [1.807, 2.05) is 11.8 Å². The summed E-state index contributed by atoms with van der Waals surface area (Å²) in [4.78, 5) is 12.5. The van der Waals surface area contributed by atoms with Crippen LogP contribution in [0.25, 0.3) is 0 Å². The molecule has 1 aliphatic heterocycles. The van der Waals surface area contributed by atoms with E-state index in [-0.39, 0.29) is 6.23 Å². The van der Waals surface area contributed by atoms with Crippen LogP contribution >= 0.6 is 11.8 Å². The summed E-state index contributed by atoms with van der Waals surface area (Å²) < 4.78 is 5.71. The predicted octanol–water partition coefficient (Wildman–Crippen LogP) is 2.11. The summed E-state index contributed by atoms with van der Waals surface area (Å²) in [6.45, 7) is 3.82. The number of hydrogen-bond acceptors (Lipinski definition) is 3. The van der Waals surface area contributed by atoms with E-state index in [9.17, 15) is 4.79 Å². The van der Waals surface area contributed by atoms with Gasteiger partial charge in [0.25, 0.3) is 0 Å². The van der Waals surface area contributed by atoms with Gasteiger partial charge in [-0.05, 0) is 6.42 Å². The first-order valence-electron chi connectivity index (χ1n) is 5.79. The number of ether oxygens (including phenoxy) is 1. The second-order valence-corrected chi connectivity index (χ2v) is 4.95. The lowest BCUT2D eigenvalue weighted by atomic mass is 10.2. The predicted molar refractivity (Wildman–Crippen MR) is 64.0 cm³/mol. The van der Waals surface area contributed by atoms with Crippen molar-refractivity contribution in [2.75, 3.05) is 24.7 Å². The Balaban J connectivity index is 2.09. The zero-order valence-electron chi connectivity index (χ0n) is 9.48. The summed E-state index contributed by atoms with van der Waals surface area (Å²) in [6, 6.07) is 0. The Morgan fingerprint density at radius 2 is 2.33 bits per heavy atom. The van der Waals surface area contributed by atoms with Gasteiger partial charge in [0.1, 0.15) is 6.23 Å². The molecule has 0 aliphatic carbocycles. The number of carbonyl (C=O) groups excluding carboxylic acids is 1. The first-order valence-corrected chi connectivity index (χ1v) is 6.94. The Bertz CT molecular complexity index is 178. The molecule has 0 aromatic carbocycles. The largest absolute Gasteiger partial charge is 0.357 e. The molecule has 1 saturated heterocycles. The fourth-order valence-electron chi connectivity index (χ4n) is 1.61. The molecule has 0 aromatic heterocycles. The van der Waals surface area contributed by atoms with Gasteiger partial charge in [0.15, 0.2) is 0 Å². The third-order valence-electron chi connectivity index (χ3n) is 2.57. The van der Waals surface area contributed by atoms with Gasteiger partial charge in [0, 0.05) is 24.7 Å². The zero-order valence-corrected chi connectivity index (χ0v) is 10.3. The highest BCUT2D eigenvalue weighted by Crippen LogP contribution is 2.16. The minimum absolute atomic E-state index is 0.0166. The fraction of sp³-hybridized carbons (Fsp3) is 0.909. The third-order valence-corrected chi connectivity index (χ3v) is 3.56. The molecule has 0 N–H and O–H groups in total. The van der Waals surface area contributed by atoms with Crippen LogP contribution in [-0.4, -0.2) is 42.2 Å². The Labute approximate surface area is 96.5 Å². The van der Waals surface area contributed by atoms with Crippen molar-refractivity contribution in [2.45, 2.75) is 38.8 Å². The standard InChI is InChI=1S/C11H21NO2S/c1-2-3-4-5-7-14-11-9-15-8-6-12(11)10-13/h10-11H,2-9H2,1H3. The first kappa shape index (κ1) is 12.8. The SMILES string of the molecule is CCCCCCOC1CSCCN1C=O. The van der Waals surface area contributed by atoms with Crippen LogP contribution in [0, 0.1) is 0 Å². The summed E-state index contributed by atoms with van der Waals surface area (Å²) in [5, 5.41) is 0. The van der Waals surface area contributed by atoms with Gasteiger partial charge in [-0.3, -0.25) is 4.79 Å². The third kappa shape index (κ3) is 4.89. The van der Waals surface area contributed by atoms with Gasteiger partial charge >= 0.3 is 0 Å². The fourth-order valence-corrected chi connectivity index (χ4v) is 2.60. The molecule has 0 aromatic rings. The molecule has 1 aliphatic rings. The molecule has 15 heavy (non-hydrogen) atoms. The topological polar surface area (TPSA) is 29.5 Å². The van der Waals surface area contributed by atoms with Gasteiger partial charge in [-0.1, -0.05) is 26.2 Å². The van der Waals surface area contributed by atoms with Crippen molar-refractivity contribution in [3.63, 3.8) is 0 Å². The number of thioether (sulfide) groups is 1. The first-order chi connectivity index (χ1) is 7.38. The molecule has 1 amide bonds. The molecule has 1 rings (SSSR count). The Kier molecular flexibility index (Phi) is 6.85. The van der Waals surface area contributed by atoms with Crippen LogP contribution in [0.2, 0.25) is 0 Å². The van der Waals surface area contributed by atoms with E-state index >= 15 is 0 Å². The van der Waals surface area contributed by atoms with E-state index in [0.29, 0.717) is 0 Å². The summed E-state index contributed by atoms with van der Waals surface area (Å²) in [6.07, 6.45) is 5.80. The molecule has 0 saturated carbocycles. The lowest BCUT2D eigenvalue weighted by Gasteiger charge is -2.31. The maximum absolute atomic E-state index is 10.7. The Hall–Kier alpha value is -0.220. The molecule has 4 heteroatoms. The number of unbranched alkanes of at least 4 members (excludes halogenated alkanes) is 3. The van der Waals surface area contributed by atoms with Crippen molar-refractivity contribution in [2.24, 2.45) is 0 Å². The normalized spacial score (nSPS) is 21.7. The quantitative estimate of drug-likeness (QED) is 0.496. The second-order valence-electron chi connectivity index (χ2n) is 3.80. The molecule has 1 unspecified atom stereocenters. The van der Waals surface area contributed by atoms with Gasteiger partial charge in [-0.15, -0.1) is 0 Å². The average Bonchev–Trinajstić information content (AvgIpc) is 2.29. The van der Waals surface area contributed by atoms with Crippen molar-refractivity contribution < 1.29 is 9.53 Å². The minimum atomic E-state index is 0.0166. The molecule has 0 spiro atoms. The van der Waals surface area contributed by atoms with Gasteiger partial charge in [-0.25, -0.2) is 0 Å². The van der Waals surface area contributed by atoms with Crippen LogP contribution < -0.4 is 0 Å². The van der Waals surface area contributed by atoms with E-state index in [1.165, 1.54) is 19.3 Å². The average molecular weight is 231 g/mol. The highest BCUT2D eigenvalue weighted by atomic mass is 32.2. The van der Waals surface area contributed by atoms with Crippen molar-refractivity contribution in [3.05, 3.63) is 0 Å². The van der Waals surface area contributed by atoms with Crippen molar-refractivity contribution in [1.82, 2.24) is 4.90 Å². The maximum Gasteiger partial charge on any atom is 0.211 e. The summed E-state index contributed by atoms with van der Waals surface area (Å²) in [5.74, 6) is 1.96. The molecule has 3 nitrogen and oxygen atoms in total. The summed E-state index contributed by atoms with van der Waals surface area (Å²) in [7, 11) is 0. The minimum Gasteiger partial charge on any atom is -0.357 e. The molecule has 1 heterocycles. The number of carbonyl (C=O) groups is 1. The number of nitrogens with zero attached hydrogens (tertiary/aromatic N) is 1. The molecule has 1 atom stereocenters. The monoisotopic (exact) mass is 231 g/mol. The van der Waals surface area contributed by atoms with Gasteiger partial charge < -0.3 is 9.64 Å². The number of amides is 1. The van der Waals surface area contributed by atoms with Gasteiger partial charge in [-0.2, -0.15) is 11.8 Å². The molecule has 0 radical (unpaired) electrons. The van der Waals surface area contributed by atoms with Crippen molar-refractivity contribution >= 4 is 18.2 Å². The van der Waals surface area contributed by atoms with E-state index in [4.69, 9.17) is 4.74 Å². The van der Waals surface area contributed by atoms with Crippen LogP contribution in [-0.2, 0) is 9.53 Å². The Morgan fingerprint density at radius 1 is 1.47 bits per heavy atom. The van der Waals surface area contributed by atoms with Crippen molar-refractivity contribution in [3.8, 4) is 0 Å². The lowest BCUT2D eigenvalue weighted by molar-refractivity contribution is -0.130. The summed E-state index contributed by atoms with van der Waals surface area (Å²) >= 11 is 1.86. The maximum atomic E-state index is 10.7. The number of hydrogen-bond donors (Lipinski definition) is 0. The molecule has 0 bridgehead atoms. The van der Waals surface area contributed by atoms with Crippen LogP contribution in [0.15, 0.2) is 0 Å². The van der Waals surface area contributed by atoms with E-state index < -0.39 is 0 Å². The lowest BCUT2D eigenvalue weighted by Crippen LogP contribution is -2.43. The molecular formula is C11H21NO2S. The zero-order chi connectivity index (χ0) is 10.9. The van der Waals surface area contributed by atoms with Crippen LogP contribution in [0.1, 0.15) is 32.6 Å². The van der Waals surface area contributed by atoms with Crippen LogP contribution in [0.5, 0.6) is 0 Å². The Morgan fingerprint density at radius 3 is 3.07 bits per heavy atom. The highest BCUT2D eigenvalue weighted by Gasteiger charge is 2.21. The van der Waals surface area contributed by atoms with Crippen molar-refractivity contribution in [1.29, 1.82) is 0 Å². The van der Waals surface area contributed by atoms with Crippen LogP contribution in [0.3, 0.4) is 0 Å². The van der Waals surface area contributed by atoms with E-state index in [0.717, 1.165) is 37.5 Å². The second kappa shape index (κ2) is 7.99. The smallest absolute Gasteiger partial charge is 0.211 e. The number of rotatable bonds is 7. The summed E-state index contributed by atoms with van der Waals surface area (Å²) in [5.41, 5.74) is 0. The van der Waals surface area contributed by atoms with E-state index in [1.54, 1.807) is 4.90 Å². The highest BCUT2D eigenvalue weighted by molar-refractivity contribution is 7.99. The molecule has 1 fully saturated rings. The van der Waals surface area contributed by atoms with Gasteiger partial charge in [0.2, 0.25) is 6.41 Å². The molecule has 88 valence electrons. The van der Waals surface area contributed by atoms with Gasteiger partial charge in [0.05, 0.1) is 0 Å². The molecular weight excluding hydrogens is 210 g/mol.